The fourth-order valence-corrected chi connectivity index (χ4v) is 1.56. The largest absolute Gasteiger partial charge is 0.396 e. The zero-order valence-corrected chi connectivity index (χ0v) is 9.13. The van der Waals surface area contributed by atoms with Crippen molar-refractivity contribution in [2.24, 2.45) is 5.41 Å². The van der Waals surface area contributed by atoms with Crippen LogP contribution in [0, 0.1) is 5.41 Å². The molecule has 0 bridgehead atoms. The van der Waals surface area contributed by atoms with Crippen molar-refractivity contribution in [1.82, 2.24) is 0 Å². The first-order valence-corrected chi connectivity index (χ1v) is 5.59. The van der Waals surface area contributed by atoms with Crippen LogP contribution in [0.1, 0.15) is 32.6 Å². The fourth-order valence-electron chi connectivity index (χ4n) is 1.56. The summed E-state index contributed by atoms with van der Waals surface area (Å²) < 4.78 is 10.8. The van der Waals surface area contributed by atoms with Crippen LogP contribution in [-0.4, -0.2) is 38.1 Å². The van der Waals surface area contributed by atoms with Crippen molar-refractivity contribution in [2.45, 2.75) is 32.6 Å². The molecule has 1 heterocycles. The zero-order valence-electron chi connectivity index (χ0n) is 9.13. The van der Waals surface area contributed by atoms with Gasteiger partial charge in [0.05, 0.1) is 19.8 Å². The monoisotopic (exact) mass is 202 g/mol. The molecule has 1 aliphatic heterocycles. The Balaban J connectivity index is 1.92. The van der Waals surface area contributed by atoms with E-state index in [0.717, 1.165) is 52.1 Å². The van der Waals surface area contributed by atoms with E-state index in [-0.39, 0.29) is 0 Å². The van der Waals surface area contributed by atoms with E-state index >= 15 is 0 Å². The van der Waals surface area contributed by atoms with E-state index < -0.39 is 0 Å². The van der Waals surface area contributed by atoms with Crippen molar-refractivity contribution >= 4 is 0 Å². The highest BCUT2D eigenvalue weighted by Crippen LogP contribution is 2.31. The van der Waals surface area contributed by atoms with Gasteiger partial charge in [-0.15, -0.1) is 0 Å². The molecule has 0 aliphatic carbocycles. The molecule has 0 aromatic heterocycles. The summed E-state index contributed by atoms with van der Waals surface area (Å²) >= 11 is 0. The maximum atomic E-state index is 8.58. The molecular weight excluding hydrogens is 180 g/mol. The number of aliphatic hydroxyl groups is 1. The molecular formula is C11H22O3. The van der Waals surface area contributed by atoms with Crippen LogP contribution < -0.4 is 0 Å². The molecule has 0 unspecified atom stereocenters. The first-order chi connectivity index (χ1) is 6.83. The predicted octanol–water partition coefficient (Wildman–Crippen LogP) is 1.59. The fraction of sp³-hybridized carbons (Fsp3) is 1.00. The Kier molecular flexibility index (Phi) is 5.45. The number of aliphatic hydroxyl groups excluding tert-OH is 1. The van der Waals surface area contributed by atoms with Gasteiger partial charge in [-0.05, 0) is 25.7 Å². The topological polar surface area (TPSA) is 38.7 Å². The molecule has 84 valence electrons. The Hall–Kier alpha value is -0.120. The van der Waals surface area contributed by atoms with Crippen LogP contribution in [0.5, 0.6) is 0 Å². The van der Waals surface area contributed by atoms with E-state index in [1.165, 1.54) is 0 Å². The summed E-state index contributed by atoms with van der Waals surface area (Å²) in [6.45, 7) is 5.87. The lowest BCUT2D eigenvalue weighted by atomic mass is 9.84. The Morgan fingerprint density at radius 2 is 2.07 bits per heavy atom. The Morgan fingerprint density at radius 3 is 2.57 bits per heavy atom. The van der Waals surface area contributed by atoms with Gasteiger partial charge < -0.3 is 14.6 Å². The average molecular weight is 202 g/mol. The summed E-state index contributed by atoms with van der Waals surface area (Å²) in [4.78, 5) is 0. The highest BCUT2D eigenvalue weighted by atomic mass is 16.5. The van der Waals surface area contributed by atoms with Gasteiger partial charge in [0.25, 0.3) is 0 Å². The first kappa shape index (κ1) is 12.0. The zero-order chi connectivity index (χ0) is 10.3. The molecule has 1 rings (SSSR count). The van der Waals surface area contributed by atoms with Gasteiger partial charge in [0.2, 0.25) is 0 Å². The second-order valence-corrected chi connectivity index (χ2v) is 4.18. The summed E-state index contributed by atoms with van der Waals surface area (Å²) in [5.41, 5.74) is 0.316. The van der Waals surface area contributed by atoms with Crippen LogP contribution >= 0.6 is 0 Å². The molecule has 14 heavy (non-hydrogen) atoms. The van der Waals surface area contributed by atoms with Crippen LogP contribution in [0.4, 0.5) is 0 Å². The second-order valence-electron chi connectivity index (χ2n) is 4.18. The molecule has 3 nitrogen and oxygen atoms in total. The van der Waals surface area contributed by atoms with Gasteiger partial charge in [-0.25, -0.2) is 0 Å². The van der Waals surface area contributed by atoms with Crippen LogP contribution in [0.15, 0.2) is 0 Å². The molecule has 3 heteroatoms. The van der Waals surface area contributed by atoms with Crippen molar-refractivity contribution in [3.63, 3.8) is 0 Å². The molecule has 1 saturated heterocycles. The predicted molar refractivity (Wildman–Crippen MR) is 55.3 cm³/mol. The first-order valence-electron chi connectivity index (χ1n) is 5.59. The highest BCUT2D eigenvalue weighted by Gasteiger charge is 2.36. The molecule has 0 radical (unpaired) electrons. The highest BCUT2D eigenvalue weighted by molar-refractivity contribution is 4.83. The molecule has 1 aliphatic rings. The van der Waals surface area contributed by atoms with Gasteiger partial charge >= 0.3 is 0 Å². The summed E-state index contributed by atoms with van der Waals surface area (Å²) in [6.07, 6.45) is 4.16. The van der Waals surface area contributed by atoms with Crippen LogP contribution in [0.25, 0.3) is 0 Å². The van der Waals surface area contributed by atoms with Gasteiger partial charge in [0, 0.05) is 18.6 Å². The molecule has 0 saturated carbocycles. The molecule has 1 N–H and O–H groups in total. The second kappa shape index (κ2) is 6.38. The quantitative estimate of drug-likeness (QED) is 0.607. The molecule has 1 fully saturated rings. The summed E-state index contributed by atoms with van der Waals surface area (Å²) in [5, 5.41) is 8.58. The van der Waals surface area contributed by atoms with E-state index in [2.05, 4.69) is 6.92 Å². The smallest absolute Gasteiger partial charge is 0.0566 e. The maximum absolute atomic E-state index is 8.58. The van der Waals surface area contributed by atoms with Crippen LogP contribution in [-0.2, 0) is 9.47 Å². The van der Waals surface area contributed by atoms with E-state index in [1.807, 2.05) is 0 Å². The minimum atomic E-state index is 0.298. The molecule has 0 atom stereocenters. The molecule has 0 spiro atoms. The van der Waals surface area contributed by atoms with Gasteiger partial charge in [0.1, 0.15) is 0 Å². The third kappa shape index (κ3) is 3.56. The van der Waals surface area contributed by atoms with Crippen molar-refractivity contribution in [2.75, 3.05) is 33.0 Å². The maximum Gasteiger partial charge on any atom is 0.0566 e. The summed E-state index contributed by atoms with van der Waals surface area (Å²) in [6, 6.07) is 0. The van der Waals surface area contributed by atoms with Crippen molar-refractivity contribution in [3.8, 4) is 0 Å². The van der Waals surface area contributed by atoms with Crippen molar-refractivity contribution in [3.05, 3.63) is 0 Å². The van der Waals surface area contributed by atoms with Gasteiger partial charge in [-0.3, -0.25) is 0 Å². The summed E-state index contributed by atoms with van der Waals surface area (Å²) in [5.74, 6) is 0. The number of rotatable bonds is 8. The van der Waals surface area contributed by atoms with Gasteiger partial charge in [0.15, 0.2) is 0 Å². The van der Waals surface area contributed by atoms with E-state index in [1.54, 1.807) is 0 Å². The third-order valence-electron chi connectivity index (χ3n) is 2.92. The minimum Gasteiger partial charge on any atom is -0.396 e. The Morgan fingerprint density at radius 1 is 1.29 bits per heavy atom. The van der Waals surface area contributed by atoms with Crippen molar-refractivity contribution < 1.29 is 14.6 Å². The van der Waals surface area contributed by atoms with Crippen LogP contribution in [0.2, 0.25) is 0 Å². The van der Waals surface area contributed by atoms with E-state index in [0.29, 0.717) is 12.0 Å². The standard InChI is InChI=1S/C11H22O3/c1-2-11(9-14-10-11)8-13-7-5-3-4-6-12/h12H,2-10H2,1H3. The lowest BCUT2D eigenvalue weighted by molar-refractivity contribution is -0.150. The lowest BCUT2D eigenvalue weighted by Gasteiger charge is -2.40. The van der Waals surface area contributed by atoms with Gasteiger partial charge in [-0.2, -0.15) is 0 Å². The number of hydrogen-bond donors (Lipinski definition) is 1. The summed E-state index contributed by atoms with van der Waals surface area (Å²) in [7, 11) is 0. The lowest BCUT2D eigenvalue weighted by Crippen LogP contribution is -2.45. The third-order valence-corrected chi connectivity index (χ3v) is 2.92. The average Bonchev–Trinajstić information content (AvgIpc) is 2.15. The molecule has 0 amide bonds. The SMILES string of the molecule is CCC1(COCCCCCO)COC1. The molecule has 0 aromatic carbocycles. The van der Waals surface area contributed by atoms with E-state index in [9.17, 15) is 0 Å². The number of unbranched alkanes of at least 4 members (excludes halogenated alkanes) is 2. The molecule has 0 aromatic rings. The normalized spacial score (nSPS) is 19.3. The minimum absolute atomic E-state index is 0.298. The van der Waals surface area contributed by atoms with E-state index in [4.69, 9.17) is 14.6 Å². The Labute approximate surface area is 86.4 Å². The van der Waals surface area contributed by atoms with Gasteiger partial charge in [-0.1, -0.05) is 6.92 Å². The number of ether oxygens (including phenoxy) is 2. The number of hydrogen-bond acceptors (Lipinski definition) is 3. The Bertz CT molecular complexity index is 138. The van der Waals surface area contributed by atoms with Crippen LogP contribution in [0.3, 0.4) is 0 Å². The van der Waals surface area contributed by atoms with Crippen molar-refractivity contribution in [1.29, 1.82) is 0 Å².